The van der Waals surface area contributed by atoms with Crippen molar-refractivity contribution in [3.8, 4) is 5.75 Å². The summed E-state index contributed by atoms with van der Waals surface area (Å²) >= 11 is 0. The predicted octanol–water partition coefficient (Wildman–Crippen LogP) is 4.09. The maximum Gasteiger partial charge on any atom is 0.131 e. The lowest BCUT2D eigenvalue weighted by atomic mass is 9.88. The summed E-state index contributed by atoms with van der Waals surface area (Å²) in [4.78, 5) is 12.2. The average molecular weight is 337 g/mol. The Morgan fingerprint density at radius 2 is 1.92 bits per heavy atom. The number of ether oxygens (including phenoxy) is 1. The van der Waals surface area contributed by atoms with E-state index in [2.05, 4.69) is 23.2 Å². The normalized spacial score (nSPS) is 18.8. The molecule has 1 fully saturated rings. The zero-order valence-corrected chi connectivity index (χ0v) is 15.1. The molecule has 0 unspecified atom stereocenters. The van der Waals surface area contributed by atoms with Gasteiger partial charge in [0, 0.05) is 31.7 Å². The average Bonchev–Trinajstić information content (AvgIpc) is 2.69. The summed E-state index contributed by atoms with van der Waals surface area (Å²) in [7, 11) is 1.71. The second kappa shape index (κ2) is 7.52. The first-order chi connectivity index (χ1) is 12.3. The van der Waals surface area contributed by atoms with Gasteiger partial charge in [0.05, 0.1) is 12.8 Å². The Kier molecular flexibility index (Phi) is 4.97. The molecule has 0 saturated heterocycles. The lowest BCUT2D eigenvalue weighted by Gasteiger charge is -2.29. The lowest BCUT2D eigenvalue weighted by Crippen LogP contribution is -2.31. The van der Waals surface area contributed by atoms with E-state index in [1.807, 2.05) is 12.1 Å². The van der Waals surface area contributed by atoms with Crippen LogP contribution in [0.4, 0.5) is 0 Å². The molecule has 2 aliphatic rings. The molecular formula is C21H27N3O. The number of hydrogen-bond acceptors (Lipinski definition) is 4. The van der Waals surface area contributed by atoms with Crippen LogP contribution in [-0.4, -0.2) is 28.5 Å². The monoisotopic (exact) mass is 337 g/mol. The van der Waals surface area contributed by atoms with Crippen LogP contribution >= 0.6 is 0 Å². The van der Waals surface area contributed by atoms with Gasteiger partial charge in [0.25, 0.3) is 0 Å². The number of fused-ring (bicyclic) bond motifs is 1. The molecule has 1 saturated carbocycles. The number of nitrogens with zero attached hydrogens (tertiary/aromatic N) is 3. The van der Waals surface area contributed by atoms with Gasteiger partial charge in [-0.1, -0.05) is 31.4 Å². The first-order valence-electron chi connectivity index (χ1n) is 9.52. The Labute approximate surface area is 150 Å². The molecule has 1 aliphatic heterocycles. The fourth-order valence-electron chi connectivity index (χ4n) is 4.05. The van der Waals surface area contributed by atoms with Gasteiger partial charge in [0.1, 0.15) is 11.6 Å². The molecule has 0 N–H and O–H groups in total. The standard InChI is InChI=1S/C21H27N3O/c1-25-19-9-7-16(8-10-19)14-24-12-11-18-13-22-21(23-20(18)15-24)17-5-3-2-4-6-17/h7-10,13,17H,2-6,11-12,14-15H2,1H3. The third kappa shape index (κ3) is 3.84. The minimum absolute atomic E-state index is 0.580. The molecule has 4 nitrogen and oxygen atoms in total. The van der Waals surface area contributed by atoms with Gasteiger partial charge in [0.2, 0.25) is 0 Å². The molecule has 0 bridgehead atoms. The van der Waals surface area contributed by atoms with Crippen molar-refractivity contribution < 1.29 is 4.74 Å². The number of aromatic nitrogens is 2. The highest BCUT2D eigenvalue weighted by Crippen LogP contribution is 2.31. The zero-order chi connectivity index (χ0) is 17.1. The molecule has 1 aromatic carbocycles. The summed E-state index contributed by atoms with van der Waals surface area (Å²) in [5.74, 6) is 2.58. The second-order valence-electron chi connectivity index (χ2n) is 7.34. The molecule has 0 amide bonds. The zero-order valence-electron chi connectivity index (χ0n) is 15.1. The molecule has 25 heavy (non-hydrogen) atoms. The largest absolute Gasteiger partial charge is 0.497 e. The van der Waals surface area contributed by atoms with Crippen LogP contribution in [0, 0.1) is 0 Å². The third-order valence-corrected chi connectivity index (χ3v) is 5.58. The summed E-state index contributed by atoms with van der Waals surface area (Å²) in [6.45, 7) is 2.97. The van der Waals surface area contributed by atoms with Gasteiger partial charge in [-0.3, -0.25) is 4.90 Å². The summed E-state index contributed by atoms with van der Waals surface area (Å²) in [6, 6.07) is 8.39. The highest BCUT2D eigenvalue weighted by molar-refractivity contribution is 5.28. The Morgan fingerprint density at radius 3 is 2.68 bits per heavy atom. The van der Waals surface area contributed by atoms with Crippen molar-refractivity contribution in [1.29, 1.82) is 0 Å². The van der Waals surface area contributed by atoms with Crippen molar-refractivity contribution in [2.24, 2.45) is 0 Å². The fourth-order valence-corrected chi connectivity index (χ4v) is 4.05. The van der Waals surface area contributed by atoms with Gasteiger partial charge in [-0.25, -0.2) is 9.97 Å². The summed E-state index contributed by atoms with van der Waals surface area (Å²) in [6.07, 6.45) is 9.69. The second-order valence-corrected chi connectivity index (χ2v) is 7.34. The van der Waals surface area contributed by atoms with Gasteiger partial charge in [-0.05, 0) is 42.5 Å². The summed E-state index contributed by atoms with van der Waals surface area (Å²) < 4.78 is 5.25. The topological polar surface area (TPSA) is 38.2 Å². The van der Waals surface area contributed by atoms with Crippen LogP contribution in [0.25, 0.3) is 0 Å². The maximum atomic E-state index is 5.25. The Bertz CT molecular complexity index is 708. The fraction of sp³-hybridized carbons (Fsp3) is 0.524. The van der Waals surface area contributed by atoms with Crippen molar-refractivity contribution in [2.45, 2.75) is 57.5 Å². The van der Waals surface area contributed by atoms with Crippen LogP contribution in [0.2, 0.25) is 0 Å². The van der Waals surface area contributed by atoms with Gasteiger partial charge in [-0.15, -0.1) is 0 Å². The van der Waals surface area contributed by atoms with Crippen molar-refractivity contribution in [3.63, 3.8) is 0 Å². The van der Waals surface area contributed by atoms with E-state index in [4.69, 9.17) is 14.7 Å². The molecule has 0 spiro atoms. The van der Waals surface area contributed by atoms with Crippen molar-refractivity contribution in [2.75, 3.05) is 13.7 Å². The molecule has 1 aromatic heterocycles. The first-order valence-corrected chi connectivity index (χ1v) is 9.52. The number of benzene rings is 1. The van der Waals surface area contributed by atoms with E-state index < -0.39 is 0 Å². The maximum absolute atomic E-state index is 5.25. The van der Waals surface area contributed by atoms with Crippen LogP contribution in [0.5, 0.6) is 5.75 Å². The van der Waals surface area contributed by atoms with Crippen molar-refractivity contribution in [1.82, 2.24) is 14.9 Å². The van der Waals surface area contributed by atoms with Gasteiger partial charge < -0.3 is 4.74 Å². The molecule has 0 atom stereocenters. The van der Waals surface area contributed by atoms with E-state index in [-0.39, 0.29) is 0 Å². The van der Waals surface area contributed by atoms with Gasteiger partial charge in [-0.2, -0.15) is 0 Å². The Balaban J connectivity index is 1.45. The molecule has 2 aromatic rings. The van der Waals surface area contributed by atoms with E-state index >= 15 is 0 Å². The van der Waals surface area contributed by atoms with E-state index in [9.17, 15) is 0 Å². The van der Waals surface area contributed by atoms with Crippen LogP contribution in [0.15, 0.2) is 30.5 Å². The number of rotatable bonds is 4. The lowest BCUT2D eigenvalue weighted by molar-refractivity contribution is 0.240. The van der Waals surface area contributed by atoms with Crippen LogP contribution in [-0.2, 0) is 19.5 Å². The molecule has 1 aliphatic carbocycles. The molecular weight excluding hydrogens is 310 g/mol. The van der Waals surface area contributed by atoms with Crippen molar-refractivity contribution >= 4 is 0 Å². The van der Waals surface area contributed by atoms with Gasteiger partial charge in [0.15, 0.2) is 0 Å². The van der Waals surface area contributed by atoms with Crippen molar-refractivity contribution in [3.05, 3.63) is 53.1 Å². The van der Waals surface area contributed by atoms with Crippen LogP contribution < -0.4 is 4.74 Å². The van der Waals surface area contributed by atoms with Crippen LogP contribution in [0.3, 0.4) is 0 Å². The SMILES string of the molecule is COc1ccc(CN2CCc3cnc(C4CCCCC4)nc3C2)cc1. The smallest absolute Gasteiger partial charge is 0.131 e. The predicted molar refractivity (Wildman–Crippen MR) is 98.7 cm³/mol. The van der Waals surface area contributed by atoms with E-state index in [1.165, 1.54) is 48.9 Å². The number of methoxy groups -OCH3 is 1. The molecule has 2 heterocycles. The highest BCUT2D eigenvalue weighted by atomic mass is 16.5. The molecule has 4 heteroatoms. The molecule has 132 valence electrons. The Hall–Kier alpha value is -1.94. The minimum atomic E-state index is 0.580. The summed E-state index contributed by atoms with van der Waals surface area (Å²) in [5.41, 5.74) is 3.91. The molecule has 0 radical (unpaired) electrons. The minimum Gasteiger partial charge on any atom is -0.497 e. The third-order valence-electron chi connectivity index (χ3n) is 5.58. The van der Waals surface area contributed by atoms with Crippen LogP contribution in [0.1, 0.15) is 60.7 Å². The van der Waals surface area contributed by atoms with E-state index in [0.29, 0.717) is 5.92 Å². The Morgan fingerprint density at radius 1 is 1.12 bits per heavy atom. The van der Waals surface area contributed by atoms with Gasteiger partial charge >= 0.3 is 0 Å². The first kappa shape index (κ1) is 16.5. The van der Waals surface area contributed by atoms with E-state index in [0.717, 1.165) is 37.6 Å². The molecule has 4 rings (SSSR count). The quantitative estimate of drug-likeness (QED) is 0.842. The summed E-state index contributed by atoms with van der Waals surface area (Å²) in [5, 5.41) is 0. The number of hydrogen-bond donors (Lipinski definition) is 0. The van der Waals surface area contributed by atoms with E-state index in [1.54, 1.807) is 7.11 Å². The highest BCUT2D eigenvalue weighted by Gasteiger charge is 2.22.